The summed E-state index contributed by atoms with van der Waals surface area (Å²) in [7, 11) is 3.36. The van der Waals surface area contributed by atoms with Gasteiger partial charge in [0.15, 0.2) is 11.5 Å². The van der Waals surface area contributed by atoms with Crippen LogP contribution in [-0.4, -0.2) is 34.0 Å². The van der Waals surface area contributed by atoms with Crippen LogP contribution in [-0.2, 0) is 11.3 Å². The third-order valence-corrected chi connectivity index (χ3v) is 2.49. The molecule has 0 fully saturated rings. The molecule has 18 heavy (non-hydrogen) atoms. The Balaban J connectivity index is 2.57. The molecule has 2 N–H and O–H groups in total. The highest BCUT2D eigenvalue weighted by atomic mass is 16.5. The third-order valence-electron chi connectivity index (χ3n) is 2.49. The van der Waals surface area contributed by atoms with E-state index in [-0.39, 0.29) is 0 Å². The number of ether oxygens (including phenoxy) is 3. The van der Waals surface area contributed by atoms with E-state index in [1.165, 1.54) is 5.56 Å². The standard InChI is InChI=1S/C14H21NO3/c1-4-8-18-13-6-5-12(10-14(13)17-3)11-15-7-9-16-2/h4-6,10,15H,1,7-9,11H2,2-3H3/p+1. The highest BCUT2D eigenvalue weighted by molar-refractivity contribution is 5.42. The Labute approximate surface area is 109 Å². The molecule has 4 nitrogen and oxygen atoms in total. The van der Waals surface area contributed by atoms with Gasteiger partial charge in [-0.2, -0.15) is 0 Å². The predicted molar refractivity (Wildman–Crippen MR) is 71.1 cm³/mol. The van der Waals surface area contributed by atoms with E-state index in [1.807, 2.05) is 18.2 Å². The van der Waals surface area contributed by atoms with E-state index in [2.05, 4.69) is 11.9 Å². The summed E-state index contributed by atoms with van der Waals surface area (Å²) in [6.45, 7) is 6.72. The van der Waals surface area contributed by atoms with Gasteiger partial charge < -0.3 is 19.5 Å². The van der Waals surface area contributed by atoms with Crippen LogP contribution in [0.3, 0.4) is 0 Å². The minimum absolute atomic E-state index is 0.482. The fourth-order valence-corrected chi connectivity index (χ4v) is 1.58. The second-order valence-electron chi connectivity index (χ2n) is 3.86. The van der Waals surface area contributed by atoms with E-state index in [0.29, 0.717) is 6.61 Å². The molecule has 0 unspecified atom stereocenters. The van der Waals surface area contributed by atoms with Crippen molar-refractivity contribution >= 4 is 0 Å². The molecule has 4 heteroatoms. The highest BCUT2D eigenvalue weighted by Gasteiger charge is 2.06. The van der Waals surface area contributed by atoms with Crippen LogP contribution in [0.2, 0.25) is 0 Å². The summed E-state index contributed by atoms with van der Waals surface area (Å²) < 4.78 is 15.8. The van der Waals surface area contributed by atoms with Crippen LogP contribution in [0.5, 0.6) is 11.5 Å². The molecule has 0 saturated carbocycles. The first-order chi connectivity index (χ1) is 8.81. The Morgan fingerprint density at radius 3 is 2.78 bits per heavy atom. The molecule has 100 valence electrons. The lowest BCUT2D eigenvalue weighted by molar-refractivity contribution is -0.671. The topological polar surface area (TPSA) is 44.3 Å². The van der Waals surface area contributed by atoms with Gasteiger partial charge in [0.05, 0.1) is 20.3 Å². The fourth-order valence-electron chi connectivity index (χ4n) is 1.58. The summed E-state index contributed by atoms with van der Waals surface area (Å²) in [6.07, 6.45) is 1.71. The van der Waals surface area contributed by atoms with Crippen molar-refractivity contribution in [3.63, 3.8) is 0 Å². The van der Waals surface area contributed by atoms with E-state index in [9.17, 15) is 0 Å². The first kappa shape index (κ1) is 14.5. The number of hydrogen-bond acceptors (Lipinski definition) is 3. The van der Waals surface area contributed by atoms with E-state index in [4.69, 9.17) is 14.2 Å². The lowest BCUT2D eigenvalue weighted by Crippen LogP contribution is -2.83. The molecule has 0 aromatic heterocycles. The molecule has 0 aliphatic rings. The largest absolute Gasteiger partial charge is 0.493 e. The predicted octanol–water partition coefficient (Wildman–Crippen LogP) is 0.970. The minimum atomic E-state index is 0.482. The zero-order valence-electron chi connectivity index (χ0n) is 11.1. The Hall–Kier alpha value is -1.52. The van der Waals surface area contributed by atoms with Crippen molar-refractivity contribution in [3.8, 4) is 11.5 Å². The number of hydrogen-bond donors (Lipinski definition) is 1. The quantitative estimate of drug-likeness (QED) is 0.526. The van der Waals surface area contributed by atoms with Gasteiger partial charge in [0.2, 0.25) is 0 Å². The summed E-state index contributed by atoms with van der Waals surface area (Å²) in [6, 6.07) is 5.98. The molecule has 0 spiro atoms. The first-order valence-electron chi connectivity index (χ1n) is 6.03. The Morgan fingerprint density at radius 1 is 1.28 bits per heavy atom. The third kappa shape index (κ3) is 4.77. The zero-order chi connectivity index (χ0) is 13.2. The van der Waals surface area contributed by atoms with E-state index < -0.39 is 0 Å². The maximum absolute atomic E-state index is 5.50. The minimum Gasteiger partial charge on any atom is -0.493 e. The van der Waals surface area contributed by atoms with Crippen molar-refractivity contribution in [2.45, 2.75) is 6.54 Å². The van der Waals surface area contributed by atoms with Crippen molar-refractivity contribution in [2.24, 2.45) is 0 Å². The number of methoxy groups -OCH3 is 2. The van der Waals surface area contributed by atoms with Crippen molar-refractivity contribution in [2.75, 3.05) is 34.0 Å². The summed E-state index contributed by atoms with van der Waals surface area (Å²) in [5.41, 5.74) is 1.20. The SMILES string of the molecule is C=CCOc1ccc(C[NH2+]CCOC)cc1OC. The second-order valence-corrected chi connectivity index (χ2v) is 3.86. The van der Waals surface area contributed by atoms with Gasteiger partial charge in [-0.1, -0.05) is 12.7 Å². The van der Waals surface area contributed by atoms with Crippen LogP contribution >= 0.6 is 0 Å². The summed E-state index contributed by atoms with van der Waals surface area (Å²) >= 11 is 0. The lowest BCUT2D eigenvalue weighted by atomic mass is 10.2. The van der Waals surface area contributed by atoms with Gasteiger partial charge in [-0.3, -0.25) is 0 Å². The number of nitrogens with two attached hydrogens (primary N) is 1. The molecule has 0 aliphatic heterocycles. The van der Waals surface area contributed by atoms with Gasteiger partial charge in [-0.25, -0.2) is 0 Å². The maximum Gasteiger partial charge on any atom is 0.161 e. The first-order valence-corrected chi connectivity index (χ1v) is 6.03. The van der Waals surface area contributed by atoms with E-state index >= 15 is 0 Å². The van der Waals surface area contributed by atoms with Crippen molar-refractivity contribution in [1.82, 2.24) is 0 Å². The normalized spacial score (nSPS) is 10.1. The van der Waals surface area contributed by atoms with Crippen LogP contribution in [0, 0.1) is 0 Å². The molecular formula is C14H22NO3+. The molecule has 0 heterocycles. The molecule has 1 aromatic carbocycles. The van der Waals surface area contributed by atoms with Crippen molar-refractivity contribution < 1.29 is 19.5 Å². The Morgan fingerprint density at radius 2 is 2.11 bits per heavy atom. The number of benzene rings is 1. The molecular weight excluding hydrogens is 230 g/mol. The van der Waals surface area contributed by atoms with Gasteiger partial charge in [-0.15, -0.1) is 0 Å². The smallest absolute Gasteiger partial charge is 0.161 e. The molecule has 0 bridgehead atoms. The zero-order valence-corrected chi connectivity index (χ0v) is 11.1. The summed E-state index contributed by atoms with van der Waals surface area (Å²) in [5.74, 6) is 1.51. The number of rotatable bonds is 9. The average Bonchev–Trinajstić information content (AvgIpc) is 2.41. The van der Waals surface area contributed by atoms with Gasteiger partial charge in [-0.05, 0) is 18.2 Å². The Bertz CT molecular complexity index is 366. The summed E-state index contributed by atoms with van der Waals surface area (Å²) in [4.78, 5) is 0. The van der Waals surface area contributed by atoms with Gasteiger partial charge in [0.1, 0.15) is 13.2 Å². The lowest BCUT2D eigenvalue weighted by Gasteiger charge is -2.10. The monoisotopic (exact) mass is 252 g/mol. The Kier molecular flexibility index (Phi) is 6.91. The molecule has 0 aliphatic carbocycles. The van der Waals surface area contributed by atoms with Gasteiger partial charge in [0.25, 0.3) is 0 Å². The molecule has 0 radical (unpaired) electrons. The highest BCUT2D eigenvalue weighted by Crippen LogP contribution is 2.27. The van der Waals surface area contributed by atoms with Crippen LogP contribution in [0.25, 0.3) is 0 Å². The molecule has 1 aromatic rings. The number of quaternary nitrogens is 1. The van der Waals surface area contributed by atoms with Crippen molar-refractivity contribution in [3.05, 3.63) is 36.4 Å². The van der Waals surface area contributed by atoms with Crippen LogP contribution < -0.4 is 14.8 Å². The molecule has 1 rings (SSSR count). The molecule has 0 atom stereocenters. The fraction of sp³-hybridized carbons (Fsp3) is 0.429. The van der Waals surface area contributed by atoms with E-state index in [0.717, 1.165) is 31.2 Å². The van der Waals surface area contributed by atoms with E-state index in [1.54, 1.807) is 20.3 Å². The van der Waals surface area contributed by atoms with Gasteiger partial charge in [0, 0.05) is 12.7 Å². The molecule has 0 saturated heterocycles. The van der Waals surface area contributed by atoms with Crippen LogP contribution in [0.15, 0.2) is 30.9 Å². The maximum atomic E-state index is 5.50. The average molecular weight is 252 g/mol. The van der Waals surface area contributed by atoms with Crippen LogP contribution in [0.4, 0.5) is 0 Å². The second kappa shape index (κ2) is 8.55. The van der Waals surface area contributed by atoms with Crippen molar-refractivity contribution in [1.29, 1.82) is 0 Å². The van der Waals surface area contributed by atoms with Crippen LogP contribution in [0.1, 0.15) is 5.56 Å². The summed E-state index contributed by atoms with van der Waals surface area (Å²) in [5, 5.41) is 2.20. The van der Waals surface area contributed by atoms with Gasteiger partial charge >= 0.3 is 0 Å². The molecule has 0 amide bonds.